The summed E-state index contributed by atoms with van der Waals surface area (Å²) in [6.45, 7) is 3.18. The van der Waals surface area contributed by atoms with Crippen molar-refractivity contribution in [2.75, 3.05) is 31.1 Å². The summed E-state index contributed by atoms with van der Waals surface area (Å²) >= 11 is 0. The first-order valence-electron chi connectivity index (χ1n) is 11.7. The van der Waals surface area contributed by atoms with Crippen LogP contribution in [0.2, 0.25) is 0 Å². The average molecular weight is 441 g/mol. The van der Waals surface area contributed by atoms with Crippen LogP contribution < -0.4 is 4.90 Å². The fraction of sp³-hybridized carbons (Fsp3) is 0.308. The molecule has 2 aliphatic rings. The third-order valence-electron chi connectivity index (χ3n) is 6.93. The molecule has 6 rings (SSSR count). The minimum Gasteiger partial charge on any atom is -0.510 e. The molecule has 0 amide bonds. The molecule has 168 valence electrons. The number of hydrogen-bond donors (Lipinski definition) is 4. The van der Waals surface area contributed by atoms with Crippen molar-refractivity contribution >= 4 is 39.0 Å². The molecule has 1 fully saturated rings. The molecule has 33 heavy (non-hydrogen) atoms. The molecule has 7 nitrogen and oxygen atoms in total. The molecule has 4 N–H and O–H groups in total. The molecule has 0 bridgehead atoms. The first-order valence-corrected chi connectivity index (χ1v) is 11.7. The molecular weight excluding hydrogens is 412 g/mol. The highest BCUT2D eigenvalue weighted by molar-refractivity contribution is 6.23. The summed E-state index contributed by atoms with van der Waals surface area (Å²) in [4.78, 5) is 15.7. The summed E-state index contributed by atoms with van der Waals surface area (Å²) < 4.78 is 0. The molecule has 1 saturated heterocycles. The van der Waals surface area contributed by atoms with Gasteiger partial charge in [-0.15, -0.1) is 0 Å². The van der Waals surface area contributed by atoms with Gasteiger partial charge in [0.25, 0.3) is 0 Å². The Hall–Kier alpha value is -3.74. The van der Waals surface area contributed by atoms with E-state index in [0.29, 0.717) is 30.3 Å². The SMILES string of the molecule is N=C1C(c2nc3ccc(N4CCCCC4)cc3[nH]2)=C(O)CN1CCc1c[nH]c2ccccc12. The van der Waals surface area contributed by atoms with Gasteiger partial charge in [0.05, 0.1) is 23.2 Å². The van der Waals surface area contributed by atoms with Crippen LogP contribution in [-0.2, 0) is 6.42 Å². The van der Waals surface area contributed by atoms with Gasteiger partial charge in [0.1, 0.15) is 17.4 Å². The molecule has 0 saturated carbocycles. The number of imidazole rings is 1. The standard InChI is InChI=1S/C26H28N6O/c27-25-24(23(33)16-32(25)13-10-17-15-28-20-7-3-2-6-19(17)20)26-29-21-9-8-18(14-22(21)30-26)31-11-4-1-5-12-31/h2-3,6-9,14-15,27-28,33H,1,4-5,10-13,16H2,(H,29,30). The minimum atomic E-state index is 0.203. The number of fused-ring (bicyclic) bond motifs is 2. The lowest BCUT2D eigenvalue weighted by Gasteiger charge is -2.28. The number of rotatable bonds is 5. The highest BCUT2D eigenvalue weighted by Crippen LogP contribution is 2.30. The van der Waals surface area contributed by atoms with Crippen molar-refractivity contribution in [3.8, 4) is 0 Å². The molecule has 0 spiro atoms. The number of anilines is 1. The highest BCUT2D eigenvalue weighted by atomic mass is 16.3. The van der Waals surface area contributed by atoms with Crippen molar-refractivity contribution in [2.45, 2.75) is 25.7 Å². The predicted molar refractivity (Wildman–Crippen MR) is 133 cm³/mol. The number of amidine groups is 1. The fourth-order valence-electron chi connectivity index (χ4n) is 5.13. The first-order chi connectivity index (χ1) is 16.2. The summed E-state index contributed by atoms with van der Waals surface area (Å²) in [5.41, 5.74) is 5.86. The Kier molecular flexibility index (Phi) is 4.82. The van der Waals surface area contributed by atoms with Crippen molar-refractivity contribution < 1.29 is 5.11 Å². The second-order valence-electron chi connectivity index (χ2n) is 9.04. The van der Waals surface area contributed by atoms with E-state index in [4.69, 9.17) is 10.4 Å². The van der Waals surface area contributed by atoms with Gasteiger partial charge >= 0.3 is 0 Å². The lowest BCUT2D eigenvalue weighted by Crippen LogP contribution is -2.29. The molecule has 2 aliphatic heterocycles. The largest absolute Gasteiger partial charge is 0.510 e. The predicted octanol–water partition coefficient (Wildman–Crippen LogP) is 4.84. The molecule has 0 aliphatic carbocycles. The van der Waals surface area contributed by atoms with E-state index in [0.717, 1.165) is 36.1 Å². The van der Waals surface area contributed by atoms with Crippen molar-refractivity contribution in [2.24, 2.45) is 0 Å². The normalized spacial score (nSPS) is 17.2. The van der Waals surface area contributed by atoms with Crippen molar-refractivity contribution in [1.29, 1.82) is 5.41 Å². The maximum absolute atomic E-state index is 10.7. The Morgan fingerprint density at radius 2 is 1.88 bits per heavy atom. The average Bonchev–Trinajstić information content (AvgIpc) is 3.52. The Morgan fingerprint density at radius 3 is 2.76 bits per heavy atom. The van der Waals surface area contributed by atoms with E-state index in [1.807, 2.05) is 29.3 Å². The Balaban J connectivity index is 1.21. The zero-order chi connectivity index (χ0) is 22.4. The van der Waals surface area contributed by atoms with E-state index in [-0.39, 0.29) is 5.76 Å². The van der Waals surface area contributed by atoms with Gasteiger partial charge in [0, 0.05) is 42.4 Å². The van der Waals surface area contributed by atoms with Crippen LogP contribution in [0.25, 0.3) is 27.5 Å². The third-order valence-corrected chi connectivity index (χ3v) is 6.93. The number of H-pyrrole nitrogens is 2. The van der Waals surface area contributed by atoms with E-state index < -0.39 is 0 Å². The maximum atomic E-state index is 10.7. The summed E-state index contributed by atoms with van der Waals surface area (Å²) in [5, 5.41) is 20.7. The highest BCUT2D eigenvalue weighted by Gasteiger charge is 2.30. The molecule has 4 heterocycles. The lowest BCUT2D eigenvalue weighted by molar-refractivity contribution is 0.351. The smallest absolute Gasteiger partial charge is 0.145 e. The van der Waals surface area contributed by atoms with Gasteiger partial charge in [0.2, 0.25) is 0 Å². The quantitative estimate of drug-likeness (QED) is 0.357. The van der Waals surface area contributed by atoms with Gasteiger partial charge in [-0.3, -0.25) is 5.41 Å². The Morgan fingerprint density at radius 1 is 1.03 bits per heavy atom. The van der Waals surface area contributed by atoms with Gasteiger partial charge in [-0.1, -0.05) is 18.2 Å². The summed E-state index contributed by atoms with van der Waals surface area (Å²) in [7, 11) is 0. The second-order valence-corrected chi connectivity index (χ2v) is 9.04. The van der Waals surface area contributed by atoms with Crippen LogP contribution in [0.15, 0.2) is 54.4 Å². The van der Waals surface area contributed by atoms with Gasteiger partial charge in [0.15, 0.2) is 0 Å². The lowest BCUT2D eigenvalue weighted by atomic mass is 10.1. The zero-order valence-electron chi connectivity index (χ0n) is 18.6. The number of aliphatic hydroxyl groups excluding tert-OH is 1. The van der Waals surface area contributed by atoms with Gasteiger partial charge in [-0.25, -0.2) is 4.98 Å². The second kappa shape index (κ2) is 7.99. The Labute approximate surface area is 192 Å². The number of para-hydroxylation sites is 1. The number of nitrogens with zero attached hydrogens (tertiary/aromatic N) is 3. The van der Waals surface area contributed by atoms with Crippen molar-refractivity contribution in [3.05, 3.63) is 65.8 Å². The molecule has 0 radical (unpaired) electrons. The van der Waals surface area contributed by atoms with Crippen LogP contribution in [0.3, 0.4) is 0 Å². The minimum absolute atomic E-state index is 0.203. The van der Waals surface area contributed by atoms with Gasteiger partial charge < -0.3 is 24.9 Å². The number of benzene rings is 2. The van der Waals surface area contributed by atoms with E-state index in [1.165, 1.54) is 35.9 Å². The number of aromatic amines is 2. The number of hydrogen-bond acceptors (Lipinski definition) is 4. The summed E-state index contributed by atoms with van der Waals surface area (Å²) in [6, 6.07) is 14.5. The summed E-state index contributed by atoms with van der Waals surface area (Å²) in [5.74, 6) is 1.09. The number of aliphatic hydroxyl groups is 1. The van der Waals surface area contributed by atoms with Crippen LogP contribution in [-0.4, -0.2) is 57.0 Å². The number of nitrogens with one attached hydrogen (secondary N) is 3. The monoisotopic (exact) mass is 440 g/mol. The van der Waals surface area contributed by atoms with E-state index >= 15 is 0 Å². The number of piperidine rings is 1. The van der Waals surface area contributed by atoms with E-state index in [2.05, 4.69) is 39.1 Å². The zero-order valence-corrected chi connectivity index (χ0v) is 18.6. The molecule has 0 unspecified atom stereocenters. The third kappa shape index (κ3) is 3.53. The topological polar surface area (TPSA) is 95.0 Å². The van der Waals surface area contributed by atoms with E-state index in [1.54, 1.807) is 0 Å². The maximum Gasteiger partial charge on any atom is 0.145 e. The molecule has 4 aromatic rings. The van der Waals surface area contributed by atoms with Crippen LogP contribution in [0, 0.1) is 5.41 Å². The van der Waals surface area contributed by atoms with Crippen molar-refractivity contribution in [3.63, 3.8) is 0 Å². The fourth-order valence-corrected chi connectivity index (χ4v) is 5.13. The van der Waals surface area contributed by atoms with Crippen LogP contribution >= 0.6 is 0 Å². The van der Waals surface area contributed by atoms with Crippen LogP contribution in [0.4, 0.5) is 5.69 Å². The molecule has 2 aromatic heterocycles. The first kappa shape index (κ1) is 19.9. The molecule has 2 aromatic carbocycles. The van der Waals surface area contributed by atoms with Crippen LogP contribution in [0.5, 0.6) is 0 Å². The Bertz CT molecular complexity index is 1370. The molecule has 0 atom stereocenters. The molecular formula is C26H28N6O. The van der Waals surface area contributed by atoms with Gasteiger partial charge in [-0.2, -0.15) is 0 Å². The molecule has 7 heteroatoms. The van der Waals surface area contributed by atoms with E-state index in [9.17, 15) is 5.11 Å². The van der Waals surface area contributed by atoms with Gasteiger partial charge in [-0.05, 0) is 55.5 Å². The summed E-state index contributed by atoms with van der Waals surface area (Å²) in [6.07, 6.45) is 6.61. The van der Waals surface area contributed by atoms with Crippen LogP contribution in [0.1, 0.15) is 30.7 Å². The number of aromatic nitrogens is 3. The van der Waals surface area contributed by atoms with Crippen molar-refractivity contribution in [1.82, 2.24) is 19.9 Å².